The van der Waals surface area contributed by atoms with Crippen LogP contribution in [-0.4, -0.2) is 35.6 Å². The van der Waals surface area contributed by atoms with Crippen LogP contribution in [0.2, 0.25) is 0 Å². The highest BCUT2D eigenvalue weighted by Gasteiger charge is 2.23. The van der Waals surface area contributed by atoms with Gasteiger partial charge in [-0.3, -0.25) is 15.0 Å². The van der Waals surface area contributed by atoms with Gasteiger partial charge in [-0.25, -0.2) is 9.98 Å². The molecular weight excluding hydrogens is 230 g/mol. The maximum absolute atomic E-state index is 11.0. The number of hydrogen-bond acceptors (Lipinski definition) is 5. The fourth-order valence-corrected chi connectivity index (χ4v) is 1.85. The van der Waals surface area contributed by atoms with Crippen molar-refractivity contribution in [2.75, 3.05) is 6.67 Å². The molecule has 1 aromatic carbocycles. The van der Waals surface area contributed by atoms with E-state index in [9.17, 15) is 4.79 Å². The number of amides is 1. The zero-order valence-corrected chi connectivity index (χ0v) is 9.79. The molecule has 6 nitrogen and oxygen atoms in total. The maximum atomic E-state index is 11.0. The van der Waals surface area contributed by atoms with E-state index in [4.69, 9.17) is 0 Å². The lowest BCUT2D eigenvalue weighted by Gasteiger charge is -2.27. The molecule has 0 spiro atoms. The molecule has 0 saturated carbocycles. The minimum absolute atomic E-state index is 0.177. The molecule has 0 saturated heterocycles. The number of carbonyl (C=O) groups excluding carboxylic acids is 1. The van der Waals surface area contributed by atoms with Crippen LogP contribution >= 0.6 is 0 Å². The van der Waals surface area contributed by atoms with Gasteiger partial charge < -0.3 is 0 Å². The number of guanidine groups is 1. The number of aliphatic imine (C=N–C) groups is 3. The summed E-state index contributed by atoms with van der Waals surface area (Å²) >= 11 is 0. The fourth-order valence-electron chi connectivity index (χ4n) is 1.85. The van der Waals surface area contributed by atoms with Crippen molar-refractivity contribution in [1.82, 2.24) is 10.2 Å². The Kier molecular flexibility index (Phi) is 2.40. The molecule has 1 N–H and O–H groups in total. The molecular formula is C12H11N5O. The van der Waals surface area contributed by atoms with Crippen LogP contribution < -0.4 is 5.32 Å². The molecule has 0 atom stereocenters. The van der Waals surface area contributed by atoms with E-state index in [-0.39, 0.29) is 5.91 Å². The standard InChI is InChI=1S/C12H11N5O/c1-8(18)15-12-14-7-17-6-13-10-5-3-2-4-9(10)11(17)16-12/h2-6H,7H2,1H3,(H,14,15,18). The first-order valence-corrected chi connectivity index (χ1v) is 5.55. The number of para-hydroxylation sites is 1. The first-order chi connectivity index (χ1) is 8.74. The van der Waals surface area contributed by atoms with E-state index in [0.29, 0.717) is 12.6 Å². The van der Waals surface area contributed by atoms with E-state index in [1.165, 1.54) is 6.92 Å². The van der Waals surface area contributed by atoms with Crippen molar-refractivity contribution in [3.63, 3.8) is 0 Å². The van der Waals surface area contributed by atoms with E-state index in [0.717, 1.165) is 17.1 Å². The Morgan fingerprint density at radius 3 is 3.06 bits per heavy atom. The summed E-state index contributed by atoms with van der Waals surface area (Å²) in [6.07, 6.45) is 1.70. The lowest BCUT2D eigenvalue weighted by atomic mass is 10.1. The van der Waals surface area contributed by atoms with Crippen LogP contribution in [0.15, 0.2) is 39.2 Å². The van der Waals surface area contributed by atoms with Gasteiger partial charge in [0.05, 0.1) is 12.0 Å². The van der Waals surface area contributed by atoms with Gasteiger partial charge in [0.1, 0.15) is 12.5 Å². The van der Waals surface area contributed by atoms with E-state index in [1.54, 1.807) is 6.34 Å². The van der Waals surface area contributed by atoms with Gasteiger partial charge in [-0.1, -0.05) is 12.1 Å². The Bertz CT molecular complexity index is 602. The van der Waals surface area contributed by atoms with Crippen molar-refractivity contribution in [2.45, 2.75) is 6.92 Å². The van der Waals surface area contributed by atoms with E-state index < -0.39 is 0 Å². The molecule has 0 fully saturated rings. The highest BCUT2D eigenvalue weighted by molar-refractivity contribution is 6.16. The Hall–Kier alpha value is -2.50. The summed E-state index contributed by atoms with van der Waals surface area (Å²) < 4.78 is 0. The molecule has 1 aromatic rings. The summed E-state index contributed by atoms with van der Waals surface area (Å²) in [6.45, 7) is 1.84. The van der Waals surface area contributed by atoms with Crippen LogP contribution in [0.4, 0.5) is 5.69 Å². The number of rotatable bonds is 0. The van der Waals surface area contributed by atoms with Gasteiger partial charge in [0.2, 0.25) is 11.9 Å². The number of benzene rings is 1. The zero-order valence-electron chi connectivity index (χ0n) is 9.79. The van der Waals surface area contributed by atoms with Gasteiger partial charge in [-0.15, -0.1) is 0 Å². The smallest absolute Gasteiger partial charge is 0.228 e. The number of nitrogens with zero attached hydrogens (tertiary/aromatic N) is 4. The highest BCUT2D eigenvalue weighted by Crippen LogP contribution is 2.25. The van der Waals surface area contributed by atoms with Crippen LogP contribution in [-0.2, 0) is 4.79 Å². The van der Waals surface area contributed by atoms with Crippen molar-refractivity contribution in [1.29, 1.82) is 0 Å². The second-order valence-corrected chi connectivity index (χ2v) is 3.97. The fraction of sp³-hybridized carbons (Fsp3) is 0.167. The quantitative estimate of drug-likeness (QED) is 0.732. The summed E-state index contributed by atoms with van der Waals surface area (Å²) in [7, 11) is 0. The van der Waals surface area contributed by atoms with Crippen LogP contribution in [0.5, 0.6) is 0 Å². The second kappa shape index (κ2) is 4.06. The molecule has 3 rings (SSSR count). The maximum Gasteiger partial charge on any atom is 0.228 e. The minimum Gasteiger partial charge on any atom is -0.296 e. The monoisotopic (exact) mass is 241 g/mol. The molecule has 90 valence electrons. The molecule has 0 aliphatic carbocycles. The molecule has 0 radical (unpaired) electrons. The Balaban J connectivity index is 2.02. The number of fused-ring (bicyclic) bond motifs is 3. The van der Waals surface area contributed by atoms with Gasteiger partial charge in [-0.05, 0) is 12.1 Å². The Morgan fingerprint density at radius 1 is 1.39 bits per heavy atom. The van der Waals surface area contributed by atoms with Crippen molar-refractivity contribution in [3.05, 3.63) is 29.8 Å². The average molecular weight is 241 g/mol. The SMILES string of the molecule is CC(=O)NC1=NCN2C=Nc3ccccc3C2=N1. The third-order valence-corrected chi connectivity index (χ3v) is 2.63. The molecule has 0 bridgehead atoms. The van der Waals surface area contributed by atoms with Crippen molar-refractivity contribution in [3.8, 4) is 0 Å². The molecule has 6 heteroatoms. The van der Waals surface area contributed by atoms with E-state index in [2.05, 4.69) is 20.3 Å². The van der Waals surface area contributed by atoms with Crippen LogP contribution in [0.3, 0.4) is 0 Å². The predicted molar refractivity (Wildman–Crippen MR) is 69.1 cm³/mol. The third kappa shape index (κ3) is 1.77. The van der Waals surface area contributed by atoms with E-state index >= 15 is 0 Å². The Morgan fingerprint density at radius 2 is 2.22 bits per heavy atom. The van der Waals surface area contributed by atoms with Crippen LogP contribution in [0, 0.1) is 0 Å². The van der Waals surface area contributed by atoms with Gasteiger partial charge in [0, 0.05) is 12.5 Å². The third-order valence-electron chi connectivity index (χ3n) is 2.63. The molecule has 0 unspecified atom stereocenters. The minimum atomic E-state index is -0.177. The molecule has 2 aliphatic heterocycles. The number of amidine groups is 1. The number of nitrogens with one attached hydrogen (secondary N) is 1. The van der Waals surface area contributed by atoms with Crippen molar-refractivity contribution in [2.24, 2.45) is 15.0 Å². The largest absolute Gasteiger partial charge is 0.296 e. The summed E-state index contributed by atoms with van der Waals surface area (Å²) in [5, 5.41) is 2.60. The molecule has 0 aromatic heterocycles. The molecule has 18 heavy (non-hydrogen) atoms. The topological polar surface area (TPSA) is 69.4 Å². The van der Waals surface area contributed by atoms with Gasteiger partial charge in [0.25, 0.3) is 0 Å². The first-order valence-electron chi connectivity index (χ1n) is 5.55. The summed E-state index contributed by atoms with van der Waals surface area (Å²) in [5.74, 6) is 0.933. The normalized spacial score (nSPS) is 16.4. The van der Waals surface area contributed by atoms with Gasteiger partial charge >= 0.3 is 0 Å². The van der Waals surface area contributed by atoms with Crippen LogP contribution in [0.25, 0.3) is 0 Å². The number of hydrogen-bond donors (Lipinski definition) is 1. The molecule has 2 heterocycles. The summed E-state index contributed by atoms with van der Waals surface area (Å²) in [5.41, 5.74) is 1.81. The van der Waals surface area contributed by atoms with Gasteiger partial charge in [0.15, 0.2) is 0 Å². The lowest BCUT2D eigenvalue weighted by Crippen LogP contribution is -2.40. The second-order valence-electron chi connectivity index (χ2n) is 3.97. The highest BCUT2D eigenvalue weighted by atomic mass is 16.1. The van der Waals surface area contributed by atoms with E-state index in [1.807, 2.05) is 29.2 Å². The van der Waals surface area contributed by atoms with Crippen molar-refractivity contribution < 1.29 is 4.79 Å². The predicted octanol–water partition coefficient (Wildman–Crippen LogP) is 0.872. The summed E-state index contributed by atoms with van der Waals surface area (Å²) in [4.78, 5) is 25.7. The average Bonchev–Trinajstić information content (AvgIpc) is 2.38. The van der Waals surface area contributed by atoms with Gasteiger partial charge in [-0.2, -0.15) is 4.99 Å². The molecule has 2 aliphatic rings. The van der Waals surface area contributed by atoms with Crippen molar-refractivity contribution >= 4 is 29.7 Å². The zero-order chi connectivity index (χ0) is 12.5. The lowest BCUT2D eigenvalue weighted by molar-refractivity contribution is -0.117. The summed E-state index contributed by atoms with van der Waals surface area (Å²) in [6, 6.07) is 7.74. The van der Waals surface area contributed by atoms with Crippen LogP contribution in [0.1, 0.15) is 12.5 Å². The Labute approximate surface area is 104 Å². The number of carbonyl (C=O) groups is 1. The molecule has 1 amide bonds. The first kappa shape index (κ1) is 10.6.